The summed E-state index contributed by atoms with van der Waals surface area (Å²) in [6, 6.07) is 1.59. The lowest BCUT2D eigenvalue weighted by Crippen LogP contribution is -2.48. The van der Waals surface area contributed by atoms with Gasteiger partial charge in [0, 0.05) is 30.8 Å². The largest absolute Gasteiger partial charge is 0.378 e. The highest BCUT2D eigenvalue weighted by Crippen LogP contribution is 2.33. The van der Waals surface area contributed by atoms with Gasteiger partial charge in [0.25, 0.3) is 5.56 Å². The van der Waals surface area contributed by atoms with Crippen molar-refractivity contribution < 1.29 is 4.74 Å². The predicted octanol–water partition coefficient (Wildman–Crippen LogP) is 1.52. The van der Waals surface area contributed by atoms with Crippen LogP contribution in [-0.2, 0) is 4.74 Å². The second-order valence-corrected chi connectivity index (χ2v) is 6.56. The number of guanidine groups is 1. The predicted molar refractivity (Wildman–Crippen MR) is 92.2 cm³/mol. The number of allylic oxidation sites excluding steroid dienone is 2. The highest BCUT2D eigenvalue weighted by molar-refractivity contribution is 5.93. The number of nitrogens with one attached hydrogen (secondary N) is 1. The first kappa shape index (κ1) is 15.4. The third-order valence-corrected chi connectivity index (χ3v) is 4.86. The molecule has 1 saturated heterocycles. The number of hydrogen-bond acceptors (Lipinski definition) is 6. The molecule has 0 unspecified atom stereocenters. The maximum absolute atomic E-state index is 12.6. The van der Waals surface area contributed by atoms with Crippen molar-refractivity contribution >= 4 is 11.9 Å². The van der Waals surface area contributed by atoms with Crippen molar-refractivity contribution in [1.82, 2.24) is 14.5 Å². The van der Waals surface area contributed by atoms with Crippen molar-refractivity contribution in [2.45, 2.75) is 32.4 Å². The lowest BCUT2D eigenvalue weighted by atomic mass is 9.91. The summed E-state index contributed by atoms with van der Waals surface area (Å²) in [7, 11) is 0. The molecule has 0 aromatic carbocycles. The highest BCUT2D eigenvalue weighted by Gasteiger charge is 2.32. The molecule has 0 saturated carbocycles. The zero-order chi connectivity index (χ0) is 16.5. The van der Waals surface area contributed by atoms with Crippen LogP contribution in [0.2, 0.25) is 0 Å². The van der Waals surface area contributed by atoms with Crippen LogP contribution in [0.4, 0.5) is 5.95 Å². The molecule has 1 fully saturated rings. The number of anilines is 1. The molecule has 0 spiro atoms. The molecule has 1 N–H and O–H groups in total. The van der Waals surface area contributed by atoms with Gasteiger partial charge in [-0.2, -0.15) is 0 Å². The van der Waals surface area contributed by atoms with E-state index in [0.717, 1.165) is 44.0 Å². The molecule has 128 valence electrons. The Kier molecular flexibility index (Phi) is 4.10. The maximum Gasteiger partial charge on any atom is 0.256 e. The molecule has 1 aliphatic carbocycles. The third-order valence-electron chi connectivity index (χ3n) is 4.86. The summed E-state index contributed by atoms with van der Waals surface area (Å²) in [5, 5.41) is 3.27. The summed E-state index contributed by atoms with van der Waals surface area (Å²) < 4.78 is 7.16. The van der Waals surface area contributed by atoms with E-state index in [2.05, 4.69) is 27.4 Å². The van der Waals surface area contributed by atoms with Gasteiger partial charge in [0.05, 0.1) is 13.2 Å². The molecule has 2 atom stereocenters. The van der Waals surface area contributed by atoms with Crippen molar-refractivity contribution in [3.05, 3.63) is 34.3 Å². The van der Waals surface area contributed by atoms with Crippen molar-refractivity contribution in [3.8, 4) is 0 Å². The van der Waals surface area contributed by atoms with Crippen LogP contribution in [0.5, 0.6) is 0 Å². The molecule has 0 amide bonds. The van der Waals surface area contributed by atoms with Crippen LogP contribution < -0.4 is 10.9 Å². The number of nitrogens with zero attached hydrogens (tertiary/aromatic N) is 4. The van der Waals surface area contributed by atoms with Gasteiger partial charge in [0.2, 0.25) is 11.9 Å². The van der Waals surface area contributed by atoms with E-state index in [9.17, 15) is 4.79 Å². The molecule has 1 aromatic rings. The highest BCUT2D eigenvalue weighted by atomic mass is 16.5. The topological polar surface area (TPSA) is 71.8 Å². The average molecular weight is 329 g/mol. The Balaban J connectivity index is 1.74. The number of aryl methyl sites for hydroxylation is 1. The van der Waals surface area contributed by atoms with Gasteiger partial charge in [-0.15, -0.1) is 0 Å². The fraction of sp³-hybridized carbons (Fsp3) is 0.588. The van der Waals surface area contributed by atoms with Gasteiger partial charge >= 0.3 is 0 Å². The van der Waals surface area contributed by atoms with E-state index in [-0.39, 0.29) is 11.7 Å². The van der Waals surface area contributed by atoms with E-state index in [1.165, 1.54) is 0 Å². The Labute approximate surface area is 141 Å². The van der Waals surface area contributed by atoms with Gasteiger partial charge in [-0.1, -0.05) is 12.2 Å². The van der Waals surface area contributed by atoms with Crippen LogP contribution in [-0.4, -0.2) is 46.7 Å². The summed E-state index contributed by atoms with van der Waals surface area (Å²) in [5.74, 6) is 1.75. The average Bonchev–Trinajstić information content (AvgIpc) is 2.62. The number of morpholine rings is 1. The number of rotatable bonds is 1. The second-order valence-electron chi connectivity index (χ2n) is 6.56. The summed E-state index contributed by atoms with van der Waals surface area (Å²) in [4.78, 5) is 24.3. The molecular formula is C17H23N5O2. The molecule has 4 rings (SSSR count). The minimum absolute atomic E-state index is 0.0330. The van der Waals surface area contributed by atoms with Gasteiger partial charge in [-0.25, -0.2) is 9.98 Å². The van der Waals surface area contributed by atoms with Crippen LogP contribution >= 0.6 is 0 Å². The minimum atomic E-state index is -0.190. The van der Waals surface area contributed by atoms with E-state index in [1.54, 1.807) is 10.6 Å². The zero-order valence-corrected chi connectivity index (χ0v) is 13.9. The number of hydrogen-bond donors (Lipinski definition) is 1. The quantitative estimate of drug-likeness (QED) is 0.791. The van der Waals surface area contributed by atoms with Crippen molar-refractivity contribution in [2.75, 3.05) is 31.6 Å². The Hall–Kier alpha value is -2.15. The molecule has 3 aliphatic rings. The van der Waals surface area contributed by atoms with E-state index >= 15 is 0 Å². The third kappa shape index (κ3) is 2.84. The van der Waals surface area contributed by atoms with Crippen LogP contribution in [0.1, 0.15) is 31.1 Å². The Bertz CT molecular complexity index is 733. The monoisotopic (exact) mass is 329 g/mol. The summed E-state index contributed by atoms with van der Waals surface area (Å²) in [5.41, 5.74) is 0.693. The summed E-state index contributed by atoms with van der Waals surface area (Å²) >= 11 is 0. The lowest BCUT2D eigenvalue weighted by Gasteiger charge is -2.37. The smallest absolute Gasteiger partial charge is 0.256 e. The zero-order valence-electron chi connectivity index (χ0n) is 13.9. The first-order valence-electron chi connectivity index (χ1n) is 8.65. The normalized spacial score (nSPS) is 26.5. The van der Waals surface area contributed by atoms with E-state index in [0.29, 0.717) is 25.1 Å². The van der Waals surface area contributed by atoms with Gasteiger partial charge in [-0.05, 0) is 26.2 Å². The molecule has 7 heteroatoms. The second kappa shape index (κ2) is 6.39. The van der Waals surface area contributed by atoms with Gasteiger partial charge in [-0.3, -0.25) is 14.7 Å². The van der Waals surface area contributed by atoms with Crippen LogP contribution in [0, 0.1) is 12.8 Å². The first-order valence-corrected chi connectivity index (χ1v) is 8.65. The van der Waals surface area contributed by atoms with E-state index in [1.807, 2.05) is 6.92 Å². The number of aromatic nitrogens is 2. The van der Waals surface area contributed by atoms with Crippen LogP contribution in [0.3, 0.4) is 0 Å². The van der Waals surface area contributed by atoms with Crippen LogP contribution in [0.15, 0.2) is 28.0 Å². The first-order chi connectivity index (χ1) is 11.7. The van der Waals surface area contributed by atoms with Gasteiger partial charge < -0.3 is 9.64 Å². The maximum atomic E-state index is 12.6. The van der Waals surface area contributed by atoms with Gasteiger partial charge in [0.15, 0.2) is 0 Å². The standard InChI is InChI=1S/C17H23N5O2/c1-12-11-14(23)22-15(13-5-3-2-4-6-13)19-16(20-17(22)18-12)21-7-9-24-10-8-21/h2-3,11,13,15H,4-10H2,1H3,(H,18,19,20)/t13-,15-/m0/s1. The van der Waals surface area contributed by atoms with Crippen molar-refractivity contribution in [1.29, 1.82) is 0 Å². The molecule has 0 bridgehead atoms. The molecule has 3 heterocycles. The Morgan fingerprint density at radius 3 is 2.88 bits per heavy atom. The van der Waals surface area contributed by atoms with Gasteiger partial charge in [0.1, 0.15) is 6.17 Å². The molecule has 7 nitrogen and oxygen atoms in total. The van der Waals surface area contributed by atoms with Crippen molar-refractivity contribution in [3.63, 3.8) is 0 Å². The summed E-state index contributed by atoms with van der Waals surface area (Å²) in [6.07, 6.45) is 7.25. The molecule has 24 heavy (non-hydrogen) atoms. The molecule has 2 aliphatic heterocycles. The molecule has 1 aromatic heterocycles. The minimum Gasteiger partial charge on any atom is -0.378 e. The van der Waals surface area contributed by atoms with E-state index < -0.39 is 0 Å². The van der Waals surface area contributed by atoms with Crippen molar-refractivity contribution in [2.24, 2.45) is 10.9 Å². The fourth-order valence-electron chi connectivity index (χ4n) is 3.60. The SMILES string of the molecule is Cc1cc(=O)n2c(n1)NC(N1CCOCC1)=N[C@@H]2[C@H]1CC=CCC1. The fourth-order valence-corrected chi connectivity index (χ4v) is 3.60. The summed E-state index contributed by atoms with van der Waals surface area (Å²) in [6.45, 7) is 4.86. The Morgan fingerprint density at radius 2 is 2.12 bits per heavy atom. The van der Waals surface area contributed by atoms with Crippen LogP contribution in [0.25, 0.3) is 0 Å². The molecular weight excluding hydrogens is 306 g/mol. The van der Waals surface area contributed by atoms with E-state index in [4.69, 9.17) is 9.73 Å². The molecule has 0 radical (unpaired) electrons. The Morgan fingerprint density at radius 1 is 1.29 bits per heavy atom. The lowest BCUT2D eigenvalue weighted by molar-refractivity contribution is 0.0672. The number of ether oxygens (including phenoxy) is 1. The number of fused-ring (bicyclic) bond motifs is 1. The number of aliphatic imine (C=N–C) groups is 1.